The minimum Gasteiger partial charge on any atom is -0.490 e. The van der Waals surface area contributed by atoms with Crippen LogP contribution in [-0.4, -0.2) is 24.2 Å². The van der Waals surface area contributed by atoms with E-state index in [4.69, 9.17) is 9.47 Å². The number of rotatable bonds is 6. The summed E-state index contributed by atoms with van der Waals surface area (Å²) in [7, 11) is 0. The Bertz CT molecular complexity index is 666. The molecule has 0 atom stereocenters. The lowest BCUT2D eigenvalue weighted by molar-refractivity contribution is -0.150. The van der Waals surface area contributed by atoms with E-state index in [0.717, 1.165) is 22.4 Å². The Kier molecular flexibility index (Phi) is 5.37. The highest BCUT2D eigenvalue weighted by atomic mass is 16.6. The summed E-state index contributed by atoms with van der Waals surface area (Å²) in [5, 5.41) is 0. The van der Waals surface area contributed by atoms with E-state index in [-0.39, 0.29) is 12.6 Å². The minimum atomic E-state index is -0.729. The Hall–Kier alpha value is -2.36. The highest BCUT2D eigenvalue weighted by Gasteiger charge is 2.31. The van der Waals surface area contributed by atoms with Gasteiger partial charge >= 0.3 is 5.97 Å². The van der Waals surface area contributed by atoms with Crippen molar-refractivity contribution in [1.82, 2.24) is 4.98 Å². The number of nitrogens with zero attached hydrogens (tertiary/aromatic N) is 1. The average molecular weight is 313 g/mol. The van der Waals surface area contributed by atoms with Gasteiger partial charge < -0.3 is 9.47 Å². The first kappa shape index (κ1) is 17.0. The van der Waals surface area contributed by atoms with Gasteiger partial charge in [0.25, 0.3) is 0 Å². The molecule has 0 aliphatic rings. The molecule has 0 fully saturated rings. The Labute approximate surface area is 137 Å². The van der Waals surface area contributed by atoms with Crippen LogP contribution in [-0.2, 0) is 14.9 Å². The van der Waals surface area contributed by atoms with Crippen LogP contribution >= 0.6 is 0 Å². The number of carbonyl (C=O) groups is 1. The molecular formula is C19H23NO3. The van der Waals surface area contributed by atoms with Crippen molar-refractivity contribution in [1.29, 1.82) is 0 Å². The number of pyridine rings is 1. The molecule has 23 heavy (non-hydrogen) atoms. The van der Waals surface area contributed by atoms with E-state index in [1.807, 2.05) is 58.0 Å². The molecule has 122 valence electrons. The molecule has 1 aromatic carbocycles. The van der Waals surface area contributed by atoms with E-state index in [1.165, 1.54) is 0 Å². The highest BCUT2D eigenvalue weighted by Crippen LogP contribution is 2.24. The number of ether oxygens (including phenoxy) is 2. The van der Waals surface area contributed by atoms with Gasteiger partial charge in [0, 0.05) is 12.4 Å². The van der Waals surface area contributed by atoms with Crippen molar-refractivity contribution in [3.8, 4) is 5.75 Å². The fraction of sp³-hybridized carbons (Fsp3) is 0.368. The summed E-state index contributed by atoms with van der Waals surface area (Å²) in [6, 6.07) is 9.73. The summed E-state index contributed by atoms with van der Waals surface area (Å²) in [6.45, 7) is 8.22. The maximum atomic E-state index is 12.3. The number of aromatic nitrogens is 1. The molecule has 0 radical (unpaired) electrons. The van der Waals surface area contributed by atoms with Gasteiger partial charge in [-0.1, -0.05) is 18.2 Å². The maximum absolute atomic E-state index is 12.3. The van der Waals surface area contributed by atoms with Crippen LogP contribution in [0.25, 0.3) is 0 Å². The van der Waals surface area contributed by atoms with Gasteiger partial charge in [-0.25, -0.2) is 0 Å². The number of aryl methyl sites for hydroxylation is 2. The van der Waals surface area contributed by atoms with Crippen molar-refractivity contribution in [3.05, 3.63) is 59.4 Å². The van der Waals surface area contributed by atoms with Crippen molar-refractivity contribution in [2.24, 2.45) is 0 Å². The standard InChI is InChI=1S/C19H23NO3/c1-14-7-8-15(2)17(12-14)22-10-11-23-18(21)19(3,4)16-6-5-9-20-13-16/h5-9,12-13H,10-11H2,1-4H3. The number of hydrogen-bond donors (Lipinski definition) is 0. The third-order valence-electron chi connectivity index (χ3n) is 3.81. The normalized spacial score (nSPS) is 11.1. The van der Waals surface area contributed by atoms with Gasteiger partial charge in [0.1, 0.15) is 19.0 Å². The highest BCUT2D eigenvalue weighted by molar-refractivity contribution is 5.82. The molecule has 0 bridgehead atoms. The van der Waals surface area contributed by atoms with Crippen LogP contribution < -0.4 is 4.74 Å². The summed E-state index contributed by atoms with van der Waals surface area (Å²) < 4.78 is 11.1. The molecule has 0 saturated heterocycles. The van der Waals surface area contributed by atoms with E-state index in [9.17, 15) is 4.79 Å². The van der Waals surface area contributed by atoms with Gasteiger partial charge in [-0.05, 0) is 56.5 Å². The second-order valence-corrected chi connectivity index (χ2v) is 6.12. The van der Waals surface area contributed by atoms with Crippen molar-refractivity contribution < 1.29 is 14.3 Å². The topological polar surface area (TPSA) is 48.4 Å². The molecule has 0 saturated carbocycles. The van der Waals surface area contributed by atoms with E-state index < -0.39 is 5.41 Å². The molecule has 2 rings (SSSR count). The van der Waals surface area contributed by atoms with E-state index >= 15 is 0 Å². The Morgan fingerprint density at radius 1 is 1.17 bits per heavy atom. The number of benzene rings is 1. The molecule has 0 amide bonds. The SMILES string of the molecule is Cc1ccc(C)c(OCCOC(=O)C(C)(C)c2cccnc2)c1. The van der Waals surface area contributed by atoms with Gasteiger partial charge in [0.05, 0.1) is 5.41 Å². The van der Waals surface area contributed by atoms with Crippen LogP contribution in [0.4, 0.5) is 0 Å². The Morgan fingerprint density at radius 3 is 2.65 bits per heavy atom. The van der Waals surface area contributed by atoms with E-state index in [2.05, 4.69) is 4.98 Å². The second-order valence-electron chi connectivity index (χ2n) is 6.12. The molecule has 1 aromatic heterocycles. The fourth-order valence-electron chi connectivity index (χ4n) is 2.18. The van der Waals surface area contributed by atoms with Crippen molar-refractivity contribution >= 4 is 5.97 Å². The zero-order chi connectivity index (χ0) is 16.9. The van der Waals surface area contributed by atoms with Crippen molar-refractivity contribution in [2.75, 3.05) is 13.2 Å². The van der Waals surface area contributed by atoms with E-state index in [0.29, 0.717) is 6.61 Å². The molecule has 2 aromatic rings. The number of hydrogen-bond acceptors (Lipinski definition) is 4. The molecule has 0 N–H and O–H groups in total. The number of carbonyl (C=O) groups excluding carboxylic acids is 1. The quantitative estimate of drug-likeness (QED) is 0.604. The molecule has 0 spiro atoms. The van der Waals surface area contributed by atoms with Crippen LogP contribution in [0.2, 0.25) is 0 Å². The lowest BCUT2D eigenvalue weighted by Crippen LogP contribution is -2.32. The molecule has 0 unspecified atom stereocenters. The summed E-state index contributed by atoms with van der Waals surface area (Å²) >= 11 is 0. The summed E-state index contributed by atoms with van der Waals surface area (Å²) in [5.41, 5.74) is 2.31. The van der Waals surface area contributed by atoms with Crippen LogP contribution in [0.1, 0.15) is 30.5 Å². The van der Waals surface area contributed by atoms with Gasteiger partial charge in [-0.15, -0.1) is 0 Å². The zero-order valence-electron chi connectivity index (χ0n) is 14.1. The molecule has 4 nitrogen and oxygen atoms in total. The Morgan fingerprint density at radius 2 is 1.96 bits per heavy atom. The molecule has 1 heterocycles. The lowest BCUT2D eigenvalue weighted by atomic mass is 9.86. The van der Waals surface area contributed by atoms with Crippen LogP contribution in [0.5, 0.6) is 5.75 Å². The monoisotopic (exact) mass is 313 g/mol. The average Bonchev–Trinajstić information content (AvgIpc) is 2.55. The third-order valence-corrected chi connectivity index (χ3v) is 3.81. The minimum absolute atomic E-state index is 0.218. The predicted molar refractivity (Wildman–Crippen MR) is 89.6 cm³/mol. The predicted octanol–water partition coefficient (Wildman–Crippen LogP) is 3.60. The molecular weight excluding hydrogens is 290 g/mol. The third kappa shape index (κ3) is 4.31. The van der Waals surface area contributed by atoms with Gasteiger partial charge in [-0.2, -0.15) is 0 Å². The van der Waals surface area contributed by atoms with Crippen molar-refractivity contribution in [2.45, 2.75) is 33.1 Å². The van der Waals surface area contributed by atoms with Crippen molar-refractivity contribution in [3.63, 3.8) is 0 Å². The lowest BCUT2D eigenvalue weighted by Gasteiger charge is -2.22. The van der Waals surface area contributed by atoms with E-state index in [1.54, 1.807) is 12.4 Å². The number of esters is 1. The van der Waals surface area contributed by atoms with Gasteiger partial charge in [0.15, 0.2) is 0 Å². The smallest absolute Gasteiger partial charge is 0.316 e. The second kappa shape index (κ2) is 7.27. The fourth-order valence-corrected chi connectivity index (χ4v) is 2.18. The van der Waals surface area contributed by atoms with Crippen LogP contribution in [0, 0.1) is 13.8 Å². The largest absolute Gasteiger partial charge is 0.490 e. The Balaban J connectivity index is 1.86. The molecule has 0 aliphatic heterocycles. The summed E-state index contributed by atoms with van der Waals surface area (Å²) in [6.07, 6.45) is 3.37. The van der Waals surface area contributed by atoms with Gasteiger partial charge in [0.2, 0.25) is 0 Å². The first-order valence-electron chi connectivity index (χ1n) is 7.69. The first-order valence-corrected chi connectivity index (χ1v) is 7.69. The first-order chi connectivity index (χ1) is 10.9. The maximum Gasteiger partial charge on any atom is 0.316 e. The zero-order valence-corrected chi connectivity index (χ0v) is 14.1. The summed E-state index contributed by atoms with van der Waals surface area (Å²) in [4.78, 5) is 16.3. The van der Waals surface area contributed by atoms with Crippen LogP contribution in [0.15, 0.2) is 42.7 Å². The van der Waals surface area contributed by atoms with Crippen LogP contribution in [0.3, 0.4) is 0 Å². The van der Waals surface area contributed by atoms with Gasteiger partial charge in [-0.3, -0.25) is 9.78 Å². The summed E-state index contributed by atoms with van der Waals surface area (Å²) in [5.74, 6) is 0.544. The molecule has 0 aliphatic carbocycles. The molecule has 4 heteroatoms.